The molecule has 0 radical (unpaired) electrons. The van der Waals surface area contributed by atoms with Crippen LogP contribution in [0.4, 0.5) is 4.79 Å². The molecule has 0 aliphatic carbocycles. The van der Waals surface area contributed by atoms with Gasteiger partial charge in [-0.05, 0) is 12.5 Å². The minimum atomic E-state index is -0.656. The second-order valence-electron chi connectivity index (χ2n) is 2.62. The van der Waals surface area contributed by atoms with Gasteiger partial charge in [0, 0.05) is 0 Å². The molecule has 1 unspecified atom stereocenters. The van der Waals surface area contributed by atoms with E-state index in [1.54, 1.807) is 6.92 Å². The minimum Gasteiger partial charge on any atom is -0.438 e. The van der Waals surface area contributed by atoms with Gasteiger partial charge in [0.1, 0.15) is 6.10 Å². The first kappa shape index (κ1) is 9.58. The topological polar surface area (TPSA) is 35.5 Å². The second-order valence-corrected chi connectivity index (χ2v) is 2.62. The quantitative estimate of drug-likeness (QED) is 0.656. The highest BCUT2D eigenvalue weighted by molar-refractivity contribution is 5.60. The van der Waals surface area contributed by atoms with E-state index in [0.717, 1.165) is 5.56 Å². The van der Waals surface area contributed by atoms with Crippen LogP contribution in [0.2, 0.25) is 0 Å². The maximum absolute atomic E-state index is 10.8. The first-order chi connectivity index (χ1) is 6.24. The van der Waals surface area contributed by atoms with Crippen LogP contribution in [0.3, 0.4) is 0 Å². The molecule has 0 aliphatic rings. The van der Waals surface area contributed by atoms with E-state index in [1.807, 2.05) is 30.3 Å². The van der Waals surface area contributed by atoms with Gasteiger partial charge in [0.05, 0.1) is 7.11 Å². The Labute approximate surface area is 77.3 Å². The molecule has 1 aromatic carbocycles. The van der Waals surface area contributed by atoms with Gasteiger partial charge in [-0.2, -0.15) is 0 Å². The average Bonchev–Trinajstić information content (AvgIpc) is 2.19. The number of carbonyl (C=O) groups is 1. The molecule has 0 spiro atoms. The Morgan fingerprint density at radius 1 is 1.31 bits per heavy atom. The predicted octanol–water partition coefficient (Wildman–Crippen LogP) is 2.53. The average molecular weight is 180 g/mol. The fraction of sp³-hybridized carbons (Fsp3) is 0.300. The fourth-order valence-electron chi connectivity index (χ4n) is 0.985. The standard InChI is InChI=1S/C10H12O3/c1-8(13-10(11)12-2)9-6-4-3-5-7-9/h3-8H,1-2H3. The van der Waals surface area contributed by atoms with Crippen molar-refractivity contribution in [2.45, 2.75) is 13.0 Å². The third kappa shape index (κ3) is 2.78. The number of carbonyl (C=O) groups excluding carboxylic acids is 1. The SMILES string of the molecule is COC(=O)OC(C)c1ccccc1. The molecule has 70 valence electrons. The van der Waals surface area contributed by atoms with Crippen molar-refractivity contribution >= 4 is 6.16 Å². The molecule has 13 heavy (non-hydrogen) atoms. The minimum absolute atomic E-state index is 0.270. The summed E-state index contributed by atoms with van der Waals surface area (Å²) >= 11 is 0. The van der Waals surface area contributed by atoms with Crippen LogP contribution in [0.15, 0.2) is 30.3 Å². The zero-order valence-corrected chi connectivity index (χ0v) is 7.69. The van der Waals surface area contributed by atoms with Gasteiger partial charge in [0.2, 0.25) is 0 Å². The Bertz CT molecular complexity index is 269. The first-order valence-corrected chi connectivity index (χ1v) is 4.03. The Morgan fingerprint density at radius 3 is 2.46 bits per heavy atom. The van der Waals surface area contributed by atoms with Gasteiger partial charge >= 0.3 is 6.16 Å². The molecule has 3 nitrogen and oxygen atoms in total. The molecule has 0 saturated carbocycles. The zero-order chi connectivity index (χ0) is 9.68. The summed E-state index contributed by atoms with van der Waals surface area (Å²) < 4.78 is 9.31. The first-order valence-electron chi connectivity index (χ1n) is 4.03. The molecule has 1 aromatic rings. The Morgan fingerprint density at radius 2 is 1.92 bits per heavy atom. The summed E-state index contributed by atoms with van der Waals surface area (Å²) in [5, 5.41) is 0. The van der Waals surface area contributed by atoms with Crippen molar-refractivity contribution < 1.29 is 14.3 Å². The largest absolute Gasteiger partial charge is 0.508 e. The van der Waals surface area contributed by atoms with Crippen molar-refractivity contribution in [3.05, 3.63) is 35.9 Å². The number of benzene rings is 1. The highest BCUT2D eigenvalue weighted by Gasteiger charge is 2.10. The normalized spacial score (nSPS) is 11.8. The number of ether oxygens (including phenoxy) is 2. The number of methoxy groups -OCH3 is 1. The maximum Gasteiger partial charge on any atom is 0.508 e. The fourth-order valence-corrected chi connectivity index (χ4v) is 0.985. The lowest BCUT2D eigenvalue weighted by Gasteiger charge is -2.11. The van der Waals surface area contributed by atoms with Crippen LogP contribution in [0.25, 0.3) is 0 Å². The maximum atomic E-state index is 10.8. The van der Waals surface area contributed by atoms with E-state index in [-0.39, 0.29) is 6.10 Å². The van der Waals surface area contributed by atoms with Crippen LogP contribution in [0, 0.1) is 0 Å². The van der Waals surface area contributed by atoms with Crippen molar-refractivity contribution in [2.24, 2.45) is 0 Å². The summed E-state index contributed by atoms with van der Waals surface area (Å²) in [6, 6.07) is 9.49. The highest BCUT2D eigenvalue weighted by atomic mass is 16.7. The molecule has 0 heterocycles. The summed E-state index contributed by atoms with van der Waals surface area (Å²) in [5.41, 5.74) is 0.952. The monoisotopic (exact) mass is 180 g/mol. The van der Waals surface area contributed by atoms with E-state index in [9.17, 15) is 4.79 Å². The Kier molecular flexibility index (Phi) is 3.31. The van der Waals surface area contributed by atoms with Crippen LogP contribution in [-0.4, -0.2) is 13.3 Å². The van der Waals surface area contributed by atoms with E-state index in [1.165, 1.54) is 7.11 Å². The Balaban J connectivity index is 2.59. The van der Waals surface area contributed by atoms with E-state index < -0.39 is 6.16 Å². The van der Waals surface area contributed by atoms with E-state index >= 15 is 0 Å². The van der Waals surface area contributed by atoms with Gasteiger partial charge < -0.3 is 9.47 Å². The smallest absolute Gasteiger partial charge is 0.438 e. The van der Waals surface area contributed by atoms with Crippen molar-refractivity contribution in [3.8, 4) is 0 Å². The summed E-state index contributed by atoms with van der Waals surface area (Å²) in [7, 11) is 1.29. The van der Waals surface area contributed by atoms with Crippen LogP contribution >= 0.6 is 0 Å². The van der Waals surface area contributed by atoms with E-state index in [0.29, 0.717) is 0 Å². The lowest BCUT2D eigenvalue weighted by Crippen LogP contribution is -2.08. The second kappa shape index (κ2) is 4.50. The molecule has 0 fully saturated rings. The summed E-state index contributed by atoms with van der Waals surface area (Å²) in [4.78, 5) is 10.8. The molecule has 0 bridgehead atoms. The lowest BCUT2D eigenvalue weighted by molar-refractivity contribution is 0.0430. The zero-order valence-electron chi connectivity index (χ0n) is 7.69. The molecule has 0 aliphatic heterocycles. The van der Waals surface area contributed by atoms with Crippen LogP contribution in [0.1, 0.15) is 18.6 Å². The van der Waals surface area contributed by atoms with Crippen LogP contribution < -0.4 is 0 Å². The molecule has 0 saturated heterocycles. The third-order valence-electron chi connectivity index (χ3n) is 1.71. The molecule has 0 aromatic heterocycles. The molecular formula is C10H12O3. The van der Waals surface area contributed by atoms with Crippen molar-refractivity contribution in [2.75, 3.05) is 7.11 Å². The molecule has 1 atom stereocenters. The van der Waals surface area contributed by atoms with Crippen molar-refractivity contribution in [1.29, 1.82) is 0 Å². The van der Waals surface area contributed by atoms with E-state index in [4.69, 9.17) is 4.74 Å². The number of hydrogen-bond donors (Lipinski definition) is 0. The van der Waals surface area contributed by atoms with Gasteiger partial charge in [-0.3, -0.25) is 0 Å². The summed E-state index contributed by atoms with van der Waals surface area (Å²) in [6.45, 7) is 1.80. The molecule has 3 heteroatoms. The van der Waals surface area contributed by atoms with Crippen LogP contribution in [-0.2, 0) is 9.47 Å². The van der Waals surface area contributed by atoms with E-state index in [2.05, 4.69) is 4.74 Å². The van der Waals surface area contributed by atoms with Gasteiger partial charge in [0.15, 0.2) is 0 Å². The summed E-state index contributed by atoms with van der Waals surface area (Å²) in [5.74, 6) is 0. The summed E-state index contributed by atoms with van der Waals surface area (Å²) in [6.07, 6.45) is -0.926. The molecule has 0 amide bonds. The molecule has 0 N–H and O–H groups in total. The number of rotatable bonds is 2. The van der Waals surface area contributed by atoms with Crippen molar-refractivity contribution in [3.63, 3.8) is 0 Å². The third-order valence-corrected chi connectivity index (χ3v) is 1.71. The van der Waals surface area contributed by atoms with Gasteiger partial charge in [-0.25, -0.2) is 4.79 Å². The molecule has 1 rings (SSSR count). The lowest BCUT2D eigenvalue weighted by atomic mass is 10.1. The van der Waals surface area contributed by atoms with Gasteiger partial charge in [-0.1, -0.05) is 30.3 Å². The highest BCUT2D eigenvalue weighted by Crippen LogP contribution is 2.15. The van der Waals surface area contributed by atoms with Gasteiger partial charge in [-0.15, -0.1) is 0 Å². The van der Waals surface area contributed by atoms with Crippen molar-refractivity contribution in [1.82, 2.24) is 0 Å². The predicted molar refractivity (Wildman–Crippen MR) is 48.3 cm³/mol. The Hall–Kier alpha value is -1.51. The van der Waals surface area contributed by atoms with Gasteiger partial charge in [0.25, 0.3) is 0 Å². The number of hydrogen-bond acceptors (Lipinski definition) is 3. The molecular weight excluding hydrogens is 168 g/mol. The van der Waals surface area contributed by atoms with Crippen LogP contribution in [0.5, 0.6) is 0 Å².